The first-order chi connectivity index (χ1) is 8.49. The van der Waals surface area contributed by atoms with Crippen molar-refractivity contribution >= 4 is 17.4 Å². The first-order valence-electron chi connectivity index (χ1n) is 5.56. The second kappa shape index (κ2) is 4.91. The zero-order valence-electron chi connectivity index (χ0n) is 10.1. The summed E-state index contributed by atoms with van der Waals surface area (Å²) in [6.45, 7) is 3.53. The minimum Gasteiger partial charge on any atom is -0.288 e. The van der Waals surface area contributed by atoms with Gasteiger partial charge in [-0.15, -0.1) is 0 Å². The Kier molecular flexibility index (Phi) is 3.48. The van der Waals surface area contributed by atoms with Crippen molar-refractivity contribution in [3.8, 4) is 0 Å². The van der Waals surface area contributed by atoms with Crippen molar-refractivity contribution in [3.05, 3.63) is 69.5 Å². The zero-order chi connectivity index (χ0) is 13.3. The average molecular weight is 263 g/mol. The van der Waals surface area contributed by atoms with E-state index in [0.717, 1.165) is 5.56 Å². The Morgan fingerprint density at radius 2 is 1.72 bits per heavy atom. The van der Waals surface area contributed by atoms with Gasteiger partial charge in [0.25, 0.3) is 0 Å². The number of hydrogen-bond acceptors (Lipinski definition) is 1. The number of carbonyl (C=O) groups excluding carboxylic acids is 1. The lowest BCUT2D eigenvalue weighted by atomic mass is 9.97. The molecule has 0 atom stereocenters. The molecule has 0 N–H and O–H groups in total. The van der Waals surface area contributed by atoms with Crippen molar-refractivity contribution in [3.63, 3.8) is 0 Å². The van der Waals surface area contributed by atoms with Crippen LogP contribution in [0.15, 0.2) is 36.4 Å². The lowest BCUT2D eigenvalue weighted by Crippen LogP contribution is -2.07. The summed E-state index contributed by atoms with van der Waals surface area (Å²) in [6.07, 6.45) is 0. The Balaban J connectivity index is 2.49. The monoisotopic (exact) mass is 262 g/mol. The van der Waals surface area contributed by atoms with E-state index in [1.807, 2.05) is 0 Å². The Morgan fingerprint density at radius 1 is 1.11 bits per heavy atom. The van der Waals surface area contributed by atoms with Crippen LogP contribution in [0.1, 0.15) is 27.0 Å². The van der Waals surface area contributed by atoms with Crippen LogP contribution in [0.2, 0.25) is 5.02 Å². The third-order valence-corrected chi connectivity index (χ3v) is 3.02. The lowest BCUT2D eigenvalue weighted by molar-refractivity contribution is 0.103. The van der Waals surface area contributed by atoms with Gasteiger partial charge in [-0.3, -0.25) is 4.79 Å². The standard InChI is InChI=1S/C15H12ClFO/c1-9-7-10(2)14(13(17)8-9)15(18)11-3-5-12(16)6-4-11/h3-8H,1-2H3. The molecular weight excluding hydrogens is 251 g/mol. The molecule has 0 aliphatic heterocycles. The van der Waals surface area contributed by atoms with Gasteiger partial charge in [0, 0.05) is 10.6 Å². The van der Waals surface area contributed by atoms with Gasteiger partial charge in [0.1, 0.15) is 5.82 Å². The number of hydrogen-bond donors (Lipinski definition) is 0. The first kappa shape index (κ1) is 12.8. The van der Waals surface area contributed by atoms with E-state index in [1.54, 1.807) is 44.2 Å². The van der Waals surface area contributed by atoms with E-state index in [-0.39, 0.29) is 11.3 Å². The molecule has 0 aliphatic carbocycles. The molecule has 92 valence electrons. The maximum absolute atomic E-state index is 13.9. The van der Waals surface area contributed by atoms with Crippen LogP contribution in [0.25, 0.3) is 0 Å². The fraction of sp³-hybridized carbons (Fsp3) is 0.133. The number of rotatable bonds is 2. The fourth-order valence-electron chi connectivity index (χ4n) is 1.95. The molecule has 2 aromatic carbocycles. The van der Waals surface area contributed by atoms with Gasteiger partial charge in [-0.25, -0.2) is 4.39 Å². The summed E-state index contributed by atoms with van der Waals surface area (Å²) in [7, 11) is 0. The molecule has 0 spiro atoms. The predicted molar refractivity (Wildman–Crippen MR) is 70.8 cm³/mol. The van der Waals surface area contributed by atoms with Gasteiger partial charge < -0.3 is 0 Å². The van der Waals surface area contributed by atoms with E-state index in [9.17, 15) is 9.18 Å². The summed E-state index contributed by atoms with van der Waals surface area (Å²) in [5, 5.41) is 0.549. The Hall–Kier alpha value is -1.67. The Morgan fingerprint density at radius 3 is 2.28 bits per heavy atom. The smallest absolute Gasteiger partial charge is 0.196 e. The first-order valence-corrected chi connectivity index (χ1v) is 5.94. The number of ketones is 1. The van der Waals surface area contributed by atoms with Crippen LogP contribution >= 0.6 is 11.6 Å². The highest BCUT2D eigenvalue weighted by molar-refractivity contribution is 6.30. The topological polar surface area (TPSA) is 17.1 Å². The molecule has 0 unspecified atom stereocenters. The van der Waals surface area contributed by atoms with E-state index in [2.05, 4.69) is 0 Å². The van der Waals surface area contributed by atoms with Crippen LogP contribution in [0, 0.1) is 19.7 Å². The number of aryl methyl sites for hydroxylation is 2. The molecular formula is C15H12ClFO. The summed E-state index contributed by atoms with van der Waals surface area (Å²) >= 11 is 5.76. The number of halogens is 2. The van der Waals surface area contributed by atoms with E-state index in [1.165, 1.54) is 6.07 Å². The largest absolute Gasteiger partial charge is 0.288 e. The molecule has 0 bridgehead atoms. The summed E-state index contributed by atoms with van der Waals surface area (Å²) in [6, 6.07) is 9.61. The summed E-state index contributed by atoms with van der Waals surface area (Å²) < 4.78 is 13.9. The van der Waals surface area contributed by atoms with Crippen molar-refractivity contribution < 1.29 is 9.18 Å². The average Bonchev–Trinajstić information content (AvgIpc) is 2.28. The highest BCUT2D eigenvalue weighted by atomic mass is 35.5. The van der Waals surface area contributed by atoms with Crippen molar-refractivity contribution in [1.82, 2.24) is 0 Å². The minimum atomic E-state index is -0.479. The normalized spacial score (nSPS) is 10.4. The third-order valence-electron chi connectivity index (χ3n) is 2.77. The van der Waals surface area contributed by atoms with Gasteiger partial charge in [-0.05, 0) is 55.3 Å². The predicted octanol–water partition coefficient (Wildman–Crippen LogP) is 4.33. The van der Waals surface area contributed by atoms with Gasteiger partial charge in [-0.2, -0.15) is 0 Å². The van der Waals surface area contributed by atoms with Crippen molar-refractivity contribution in [2.45, 2.75) is 13.8 Å². The summed E-state index contributed by atoms with van der Waals surface area (Å²) in [4.78, 5) is 12.2. The quantitative estimate of drug-likeness (QED) is 0.737. The van der Waals surface area contributed by atoms with E-state index in [0.29, 0.717) is 16.1 Å². The zero-order valence-corrected chi connectivity index (χ0v) is 10.9. The molecule has 0 saturated carbocycles. The van der Waals surface area contributed by atoms with Gasteiger partial charge in [0.2, 0.25) is 0 Å². The third kappa shape index (κ3) is 2.44. The van der Waals surface area contributed by atoms with Crippen LogP contribution in [0.4, 0.5) is 4.39 Å². The lowest BCUT2D eigenvalue weighted by Gasteiger charge is -2.08. The molecule has 0 saturated heterocycles. The van der Waals surface area contributed by atoms with Gasteiger partial charge >= 0.3 is 0 Å². The maximum Gasteiger partial charge on any atom is 0.196 e. The molecule has 0 heterocycles. The molecule has 2 rings (SSSR count). The highest BCUT2D eigenvalue weighted by Gasteiger charge is 2.16. The second-order valence-corrected chi connectivity index (χ2v) is 4.71. The van der Waals surface area contributed by atoms with Crippen LogP contribution in [0.3, 0.4) is 0 Å². The van der Waals surface area contributed by atoms with Crippen molar-refractivity contribution in [2.24, 2.45) is 0 Å². The molecule has 2 aromatic rings. The maximum atomic E-state index is 13.9. The van der Waals surface area contributed by atoms with Crippen LogP contribution < -0.4 is 0 Å². The van der Waals surface area contributed by atoms with E-state index >= 15 is 0 Å². The summed E-state index contributed by atoms with van der Waals surface area (Å²) in [5.74, 6) is -0.797. The van der Waals surface area contributed by atoms with Crippen molar-refractivity contribution in [2.75, 3.05) is 0 Å². The molecule has 0 amide bonds. The molecule has 3 heteroatoms. The van der Waals surface area contributed by atoms with Crippen molar-refractivity contribution in [1.29, 1.82) is 0 Å². The Bertz CT molecular complexity index is 579. The Labute approximate surface area is 110 Å². The van der Waals surface area contributed by atoms with Gasteiger partial charge in [-0.1, -0.05) is 17.7 Å². The van der Waals surface area contributed by atoms with Gasteiger partial charge in [0.15, 0.2) is 5.78 Å². The molecule has 0 aromatic heterocycles. The molecule has 0 aliphatic rings. The molecule has 0 fully saturated rings. The summed E-state index contributed by atoms with van der Waals surface area (Å²) in [5.41, 5.74) is 2.01. The SMILES string of the molecule is Cc1cc(C)c(C(=O)c2ccc(Cl)cc2)c(F)c1. The van der Waals surface area contributed by atoms with E-state index < -0.39 is 5.82 Å². The number of benzene rings is 2. The number of carbonyl (C=O) groups is 1. The van der Waals surface area contributed by atoms with Crippen LogP contribution in [-0.4, -0.2) is 5.78 Å². The van der Waals surface area contributed by atoms with E-state index in [4.69, 9.17) is 11.6 Å². The highest BCUT2D eigenvalue weighted by Crippen LogP contribution is 2.20. The van der Waals surface area contributed by atoms with Crippen LogP contribution in [-0.2, 0) is 0 Å². The molecule has 1 nitrogen and oxygen atoms in total. The fourth-order valence-corrected chi connectivity index (χ4v) is 2.07. The molecule has 0 radical (unpaired) electrons. The second-order valence-electron chi connectivity index (χ2n) is 4.27. The molecule has 18 heavy (non-hydrogen) atoms. The van der Waals surface area contributed by atoms with Crippen LogP contribution in [0.5, 0.6) is 0 Å². The minimum absolute atomic E-state index is 0.128. The van der Waals surface area contributed by atoms with Gasteiger partial charge in [0.05, 0.1) is 5.56 Å².